The van der Waals surface area contributed by atoms with E-state index >= 15 is 0 Å². The standard InChI is InChI=1S/C16H32N2O3/c1-11(2)7-14(9-17)8-16(20)21-10-15(19)18(12(3)4)13(5)6/h11-14H,7-10,17H2,1-6H3/t14-/m0/s1. The predicted molar refractivity (Wildman–Crippen MR) is 84.7 cm³/mol. The minimum atomic E-state index is -0.341. The SMILES string of the molecule is CC(C)C[C@H](CN)CC(=O)OCC(=O)N(C(C)C)C(C)C. The van der Waals surface area contributed by atoms with Crippen molar-refractivity contribution in [3.63, 3.8) is 0 Å². The summed E-state index contributed by atoms with van der Waals surface area (Å²) in [6, 6.07) is 0.183. The summed E-state index contributed by atoms with van der Waals surface area (Å²) < 4.78 is 5.11. The van der Waals surface area contributed by atoms with E-state index in [1.165, 1.54) is 0 Å². The Kier molecular flexibility index (Phi) is 9.26. The zero-order chi connectivity index (χ0) is 16.6. The van der Waals surface area contributed by atoms with Gasteiger partial charge in [0.1, 0.15) is 0 Å². The largest absolute Gasteiger partial charge is 0.456 e. The molecule has 5 nitrogen and oxygen atoms in total. The molecule has 0 aliphatic rings. The van der Waals surface area contributed by atoms with Crippen LogP contribution in [0.2, 0.25) is 0 Å². The minimum Gasteiger partial charge on any atom is -0.456 e. The molecule has 0 aromatic rings. The molecule has 0 aromatic heterocycles. The lowest BCUT2D eigenvalue weighted by Gasteiger charge is -2.30. The molecule has 0 fully saturated rings. The van der Waals surface area contributed by atoms with Crippen LogP contribution in [0.25, 0.3) is 0 Å². The van der Waals surface area contributed by atoms with Gasteiger partial charge in [0.05, 0.1) is 0 Å². The van der Waals surface area contributed by atoms with E-state index in [1.807, 2.05) is 27.7 Å². The Morgan fingerprint density at radius 1 is 1.05 bits per heavy atom. The fourth-order valence-corrected chi connectivity index (χ4v) is 2.61. The summed E-state index contributed by atoms with van der Waals surface area (Å²) in [5.41, 5.74) is 5.67. The van der Waals surface area contributed by atoms with Crippen molar-refractivity contribution in [2.45, 2.75) is 66.5 Å². The summed E-state index contributed by atoms with van der Waals surface area (Å²) in [6.07, 6.45) is 1.18. The van der Waals surface area contributed by atoms with Crippen LogP contribution in [0.5, 0.6) is 0 Å². The minimum absolute atomic E-state index is 0.0916. The molecular formula is C16H32N2O3. The van der Waals surface area contributed by atoms with Crippen LogP contribution >= 0.6 is 0 Å². The highest BCUT2D eigenvalue weighted by Gasteiger charge is 2.22. The fourth-order valence-electron chi connectivity index (χ4n) is 2.61. The number of esters is 1. The van der Waals surface area contributed by atoms with Gasteiger partial charge in [-0.2, -0.15) is 0 Å². The van der Waals surface area contributed by atoms with Crippen LogP contribution < -0.4 is 5.73 Å². The Balaban J connectivity index is 4.31. The van der Waals surface area contributed by atoms with Crippen molar-refractivity contribution in [3.05, 3.63) is 0 Å². The normalized spacial score (nSPS) is 12.9. The second-order valence-corrected chi connectivity index (χ2v) is 6.58. The van der Waals surface area contributed by atoms with Gasteiger partial charge in [0.2, 0.25) is 0 Å². The molecule has 0 saturated heterocycles. The first-order valence-electron chi connectivity index (χ1n) is 7.85. The number of hydrogen-bond donors (Lipinski definition) is 1. The molecule has 0 aliphatic heterocycles. The van der Waals surface area contributed by atoms with Gasteiger partial charge in [0.25, 0.3) is 5.91 Å². The third kappa shape index (κ3) is 8.05. The average molecular weight is 300 g/mol. The van der Waals surface area contributed by atoms with Crippen molar-refractivity contribution in [2.75, 3.05) is 13.2 Å². The van der Waals surface area contributed by atoms with Crippen LogP contribution in [-0.4, -0.2) is 42.0 Å². The first kappa shape index (κ1) is 19.9. The third-order valence-corrected chi connectivity index (χ3v) is 3.35. The van der Waals surface area contributed by atoms with E-state index in [2.05, 4.69) is 13.8 Å². The molecule has 5 heteroatoms. The van der Waals surface area contributed by atoms with Gasteiger partial charge in [0.15, 0.2) is 6.61 Å². The van der Waals surface area contributed by atoms with E-state index in [-0.39, 0.29) is 42.9 Å². The lowest BCUT2D eigenvalue weighted by molar-refractivity contribution is -0.154. The number of nitrogens with two attached hydrogens (primary N) is 1. The summed E-state index contributed by atoms with van der Waals surface area (Å²) >= 11 is 0. The maximum Gasteiger partial charge on any atom is 0.306 e. The van der Waals surface area contributed by atoms with E-state index in [9.17, 15) is 9.59 Å². The van der Waals surface area contributed by atoms with Gasteiger partial charge in [-0.1, -0.05) is 13.8 Å². The summed E-state index contributed by atoms with van der Waals surface area (Å²) in [5.74, 6) is 0.123. The van der Waals surface area contributed by atoms with E-state index < -0.39 is 0 Å². The molecular weight excluding hydrogens is 268 g/mol. The second-order valence-electron chi connectivity index (χ2n) is 6.58. The van der Waals surface area contributed by atoms with E-state index in [0.717, 1.165) is 6.42 Å². The van der Waals surface area contributed by atoms with Gasteiger partial charge in [-0.25, -0.2) is 0 Å². The van der Waals surface area contributed by atoms with Crippen molar-refractivity contribution in [1.82, 2.24) is 4.90 Å². The van der Waals surface area contributed by atoms with Crippen LogP contribution in [-0.2, 0) is 14.3 Å². The highest BCUT2D eigenvalue weighted by atomic mass is 16.5. The van der Waals surface area contributed by atoms with Crippen LogP contribution in [0.15, 0.2) is 0 Å². The summed E-state index contributed by atoms with van der Waals surface area (Å²) in [7, 11) is 0. The number of hydrogen-bond acceptors (Lipinski definition) is 4. The van der Waals surface area contributed by atoms with Gasteiger partial charge >= 0.3 is 5.97 Å². The molecule has 0 spiro atoms. The number of amides is 1. The number of rotatable bonds is 9. The van der Waals surface area contributed by atoms with Crippen LogP contribution in [0.3, 0.4) is 0 Å². The lowest BCUT2D eigenvalue weighted by Crippen LogP contribution is -2.44. The molecule has 0 aromatic carbocycles. The molecule has 0 rings (SSSR count). The molecule has 0 unspecified atom stereocenters. The van der Waals surface area contributed by atoms with E-state index in [4.69, 9.17) is 10.5 Å². The van der Waals surface area contributed by atoms with Gasteiger partial charge < -0.3 is 15.4 Å². The van der Waals surface area contributed by atoms with E-state index in [1.54, 1.807) is 4.90 Å². The van der Waals surface area contributed by atoms with Crippen LogP contribution in [0.4, 0.5) is 0 Å². The Hall–Kier alpha value is -1.10. The first-order valence-corrected chi connectivity index (χ1v) is 7.85. The predicted octanol–water partition coefficient (Wildman–Crippen LogP) is 2.19. The van der Waals surface area contributed by atoms with Crippen molar-refractivity contribution in [1.29, 1.82) is 0 Å². The fraction of sp³-hybridized carbons (Fsp3) is 0.875. The van der Waals surface area contributed by atoms with Crippen molar-refractivity contribution in [2.24, 2.45) is 17.6 Å². The molecule has 0 saturated carbocycles. The second kappa shape index (κ2) is 9.77. The van der Waals surface area contributed by atoms with Gasteiger partial charge in [0, 0.05) is 18.5 Å². The highest BCUT2D eigenvalue weighted by molar-refractivity contribution is 5.81. The Morgan fingerprint density at radius 2 is 1.57 bits per heavy atom. The molecule has 1 atom stereocenters. The van der Waals surface area contributed by atoms with Gasteiger partial charge in [-0.3, -0.25) is 9.59 Å². The summed E-state index contributed by atoms with van der Waals surface area (Å²) in [5, 5.41) is 0. The maximum absolute atomic E-state index is 12.1. The molecule has 1 amide bonds. The smallest absolute Gasteiger partial charge is 0.306 e. The number of carbonyl (C=O) groups is 2. The summed E-state index contributed by atoms with van der Waals surface area (Å²) in [6.45, 7) is 12.3. The zero-order valence-electron chi connectivity index (χ0n) is 14.4. The van der Waals surface area contributed by atoms with Crippen molar-refractivity contribution >= 4 is 11.9 Å². The molecule has 124 valence electrons. The van der Waals surface area contributed by atoms with Gasteiger partial charge in [-0.15, -0.1) is 0 Å². The maximum atomic E-state index is 12.1. The van der Waals surface area contributed by atoms with E-state index in [0.29, 0.717) is 12.5 Å². The molecule has 0 bridgehead atoms. The average Bonchev–Trinajstić information content (AvgIpc) is 2.34. The highest BCUT2D eigenvalue weighted by Crippen LogP contribution is 2.15. The summed E-state index contributed by atoms with van der Waals surface area (Å²) in [4.78, 5) is 25.6. The molecule has 2 N–H and O–H groups in total. The number of carbonyl (C=O) groups excluding carboxylic acids is 2. The first-order chi connectivity index (χ1) is 9.68. The van der Waals surface area contributed by atoms with Crippen LogP contribution in [0, 0.1) is 11.8 Å². The Bertz CT molecular complexity index is 319. The monoisotopic (exact) mass is 300 g/mol. The Morgan fingerprint density at radius 3 is 1.95 bits per heavy atom. The lowest BCUT2D eigenvalue weighted by atomic mass is 9.94. The topological polar surface area (TPSA) is 72.6 Å². The van der Waals surface area contributed by atoms with Crippen molar-refractivity contribution < 1.29 is 14.3 Å². The Labute approximate surface area is 129 Å². The molecule has 21 heavy (non-hydrogen) atoms. The van der Waals surface area contributed by atoms with Gasteiger partial charge in [-0.05, 0) is 52.5 Å². The third-order valence-electron chi connectivity index (χ3n) is 3.35. The molecule has 0 radical (unpaired) electrons. The quantitative estimate of drug-likeness (QED) is 0.662. The number of nitrogens with zero attached hydrogens (tertiary/aromatic N) is 1. The molecule has 0 heterocycles. The zero-order valence-corrected chi connectivity index (χ0v) is 14.4. The number of ether oxygens (including phenoxy) is 1. The van der Waals surface area contributed by atoms with Crippen molar-refractivity contribution in [3.8, 4) is 0 Å². The van der Waals surface area contributed by atoms with Crippen LogP contribution in [0.1, 0.15) is 54.4 Å². The molecule has 0 aliphatic carbocycles.